The number of hydrogen-bond donors (Lipinski definition) is 1. The maximum atomic E-state index is 3.62. The van der Waals surface area contributed by atoms with Crippen LogP contribution >= 0.6 is 0 Å². The zero-order valence-corrected chi connectivity index (χ0v) is 13.4. The highest BCUT2D eigenvalue weighted by atomic mass is 14.9. The lowest BCUT2D eigenvalue weighted by atomic mass is 10.00. The molecule has 4 aromatic carbocycles. The average Bonchev–Trinajstić information content (AvgIpc) is 2.54. The molecule has 0 aliphatic carbocycles. The summed E-state index contributed by atoms with van der Waals surface area (Å²) < 4.78 is 0. The molecule has 0 saturated carbocycles. The molecule has 0 bridgehead atoms. The number of benzene rings is 4. The highest BCUT2D eigenvalue weighted by molar-refractivity contribution is 6.13. The highest BCUT2D eigenvalue weighted by Crippen LogP contribution is 2.33. The van der Waals surface area contributed by atoms with Gasteiger partial charge in [-0.3, -0.25) is 0 Å². The Morgan fingerprint density at radius 1 is 0.609 bits per heavy atom. The van der Waals surface area contributed by atoms with Crippen LogP contribution in [0.15, 0.2) is 72.8 Å². The fourth-order valence-corrected chi connectivity index (χ4v) is 3.36. The Balaban J connectivity index is 1.94. The molecule has 1 nitrogen and oxygen atoms in total. The van der Waals surface area contributed by atoms with E-state index in [0.29, 0.717) is 0 Å². The second-order valence-electron chi connectivity index (χ2n) is 6.19. The van der Waals surface area contributed by atoms with Crippen molar-refractivity contribution in [3.63, 3.8) is 0 Å². The van der Waals surface area contributed by atoms with Crippen molar-refractivity contribution < 1.29 is 0 Å². The molecule has 0 fully saturated rings. The molecule has 1 heteroatoms. The molecule has 112 valence electrons. The van der Waals surface area contributed by atoms with Crippen LogP contribution < -0.4 is 5.32 Å². The first-order chi connectivity index (χ1) is 11.2. The Kier molecular flexibility index (Phi) is 3.27. The molecular formula is C22H19N. The maximum Gasteiger partial charge on any atom is 0.0470 e. The molecule has 0 aliphatic heterocycles. The molecule has 0 amide bonds. The molecule has 0 spiro atoms. The van der Waals surface area contributed by atoms with Gasteiger partial charge >= 0.3 is 0 Å². The minimum atomic E-state index is 1.14. The Morgan fingerprint density at radius 2 is 1.22 bits per heavy atom. The molecule has 0 saturated heterocycles. The molecule has 0 atom stereocenters. The van der Waals surface area contributed by atoms with E-state index >= 15 is 0 Å². The van der Waals surface area contributed by atoms with E-state index in [2.05, 4.69) is 92.0 Å². The topological polar surface area (TPSA) is 12.0 Å². The van der Waals surface area contributed by atoms with Crippen molar-refractivity contribution in [2.24, 2.45) is 0 Å². The fourth-order valence-electron chi connectivity index (χ4n) is 3.36. The largest absolute Gasteiger partial charge is 0.355 e. The number of fused-ring (bicyclic) bond motifs is 3. The van der Waals surface area contributed by atoms with Gasteiger partial charge in [-0.15, -0.1) is 0 Å². The van der Waals surface area contributed by atoms with Crippen LogP contribution in [0.4, 0.5) is 11.4 Å². The van der Waals surface area contributed by atoms with Gasteiger partial charge in [0.2, 0.25) is 0 Å². The predicted octanol–water partition coefficient (Wildman–Crippen LogP) is 6.35. The summed E-state index contributed by atoms with van der Waals surface area (Å²) in [5.74, 6) is 0. The number of nitrogens with one attached hydrogen (secondary N) is 1. The van der Waals surface area contributed by atoms with Crippen molar-refractivity contribution in [2.45, 2.75) is 13.8 Å². The summed E-state index contributed by atoms with van der Waals surface area (Å²) >= 11 is 0. The lowest BCUT2D eigenvalue weighted by Crippen LogP contribution is -1.94. The Hall–Kier alpha value is -2.80. The van der Waals surface area contributed by atoms with Crippen LogP contribution in [0.2, 0.25) is 0 Å². The van der Waals surface area contributed by atoms with E-state index in [9.17, 15) is 0 Å². The van der Waals surface area contributed by atoms with Crippen molar-refractivity contribution in [3.8, 4) is 0 Å². The first-order valence-electron chi connectivity index (χ1n) is 7.96. The van der Waals surface area contributed by atoms with Crippen LogP contribution in [0.1, 0.15) is 11.1 Å². The van der Waals surface area contributed by atoms with Crippen LogP contribution in [0.3, 0.4) is 0 Å². The standard InChI is InChI=1S/C22H19N/c1-15-11-16(2)13-18(12-15)23-22-14-17-7-3-4-8-19(17)20-9-5-6-10-21(20)22/h3-14,23H,1-2H3. The summed E-state index contributed by atoms with van der Waals surface area (Å²) in [5, 5.41) is 8.73. The van der Waals surface area contributed by atoms with Gasteiger partial charge in [-0.05, 0) is 59.3 Å². The van der Waals surface area contributed by atoms with Gasteiger partial charge in [-0.1, -0.05) is 54.6 Å². The summed E-state index contributed by atoms with van der Waals surface area (Å²) in [4.78, 5) is 0. The van der Waals surface area contributed by atoms with Crippen LogP contribution in [0.5, 0.6) is 0 Å². The molecule has 0 aliphatic rings. The van der Waals surface area contributed by atoms with Gasteiger partial charge in [0.15, 0.2) is 0 Å². The Labute approximate surface area is 136 Å². The highest BCUT2D eigenvalue weighted by Gasteiger charge is 2.06. The third-order valence-electron chi connectivity index (χ3n) is 4.27. The fraction of sp³-hybridized carbons (Fsp3) is 0.0909. The second-order valence-corrected chi connectivity index (χ2v) is 6.19. The van der Waals surface area contributed by atoms with Crippen molar-refractivity contribution in [2.75, 3.05) is 5.32 Å². The van der Waals surface area contributed by atoms with Crippen molar-refractivity contribution in [1.29, 1.82) is 0 Å². The van der Waals surface area contributed by atoms with Gasteiger partial charge in [0.05, 0.1) is 0 Å². The van der Waals surface area contributed by atoms with E-state index in [0.717, 1.165) is 11.4 Å². The molecule has 0 heterocycles. The number of hydrogen-bond acceptors (Lipinski definition) is 1. The quantitative estimate of drug-likeness (QED) is 0.425. The van der Waals surface area contributed by atoms with Crippen molar-refractivity contribution in [3.05, 3.63) is 83.9 Å². The SMILES string of the molecule is Cc1cc(C)cc(Nc2cc3ccccc3c3ccccc23)c1. The third-order valence-corrected chi connectivity index (χ3v) is 4.27. The van der Waals surface area contributed by atoms with E-state index in [1.807, 2.05) is 0 Å². The van der Waals surface area contributed by atoms with Gasteiger partial charge < -0.3 is 5.32 Å². The van der Waals surface area contributed by atoms with Gasteiger partial charge in [-0.2, -0.15) is 0 Å². The third kappa shape index (κ3) is 2.55. The van der Waals surface area contributed by atoms with Crippen LogP contribution in [0, 0.1) is 13.8 Å². The van der Waals surface area contributed by atoms with Crippen LogP contribution in [-0.2, 0) is 0 Å². The molecular weight excluding hydrogens is 278 g/mol. The van der Waals surface area contributed by atoms with E-state index in [4.69, 9.17) is 0 Å². The minimum Gasteiger partial charge on any atom is -0.355 e. The molecule has 1 N–H and O–H groups in total. The van der Waals surface area contributed by atoms with Crippen molar-refractivity contribution in [1.82, 2.24) is 0 Å². The van der Waals surface area contributed by atoms with Gasteiger partial charge in [-0.25, -0.2) is 0 Å². The Morgan fingerprint density at radius 3 is 1.96 bits per heavy atom. The van der Waals surface area contributed by atoms with Gasteiger partial charge in [0, 0.05) is 16.8 Å². The smallest absolute Gasteiger partial charge is 0.0470 e. The van der Waals surface area contributed by atoms with E-state index in [1.165, 1.54) is 32.7 Å². The molecule has 0 unspecified atom stereocenters. The zero-order valence-electron chi connectivity index (χ0n) is 13.4. The number of anilines is 2. The molecule has 4 rings (SSSR count). The maximum absolute atomic E-state index is 3.62. The summed E-state index contributed by atoms with van der Waals surface area (Å²) in [6.07, 6.45) is 0. The summed E-state index contributed by atoms with van der Waals surface area (Å²) in [6.45, 7) is 4.27. The first kappa shape index (κ1) is 13.8. The first-order valence-corrected chi connectivity index (χ1v) is 7.96. The summed E-state index contributed by atoms with van der Waals surface area (Å²) in [6, 6.07) is 26.0. The number of rotatable bonds is 2. The Bertz CT molecular complexity index is 994. The van der Waals surface area contributed by atoms with E-state index in [1.54, 1.807) is 0 Å². The van der Waals surface area contributed by atoms with E-state index < -0.39 is 0 Å². The normalized spacial score (nSPS) is 11.0. The van der Waals surface area contributed by atoms with Gasteiger partial charge in [0.25, 0.3) is 0 Å². The number of aryl methyl sites for hydroxylation is 2. The molecule has 0 radical (unpaired) electrons. The lowest BCUT2D eigenvalue weighted by molar-refractivity contribution is 1.38. The zero-order chi connectivity index (χ0) is 15.8. The second kappa shape index (κ2) is 5.44. The lowest BCUT2D eigenvalue weighted by Gasteiger charge is -2.14. The summed E-state index contributed by atoms with van der Waals surface area (Å²) in [5.41, 5.74) is 4.85. The van der Waals surface area contributed by atoms with Crippen LogP contribution in [0.25, 0.3) is 21.5 Å². The predicted molar refractivity (Wildman–Crippen MR) is 101 cm³/mol. The van der Waals surface area contributed by atoms with Crippen molar-refractivity contribution >= 4 is 32.9 Å². The van der Waals surface area contributed by atoms with Gasteiger partial charge in [0.1, 0.15) is 0 Å². The molecule has 4 aromatic rings. The summed E-state index contributed by atoms with van der Waals surface area (Å²) in [7, 11) is 0. The van der Waals surface area contributed by atoms with E-state index in [-0.39, 0.29) is 0 Å². The molecule has 0 aromatic heterocycles. The molecule has 23 heavy (non-hydrogen) atoms. The van der Waals surface area contributed by atoms with Crippen LogP contribution in [-0.4, -0.2) is 0 Å². The monoisotopic (exact) mass is 297 g/mol. The minimum absolute atomic E-state index is 1.14. The average molecular weight is 297 g/mol.